The van der Waals surface area contributed by atoms with Gasteiger partial charge in [0.05, 0.1) is 0 Å². The predicted molar refractivity (Wildman–Crippen MR) is 77.2 cm³/mol. The minimum absolute atomic E-state index is 0.848. The van der Waals surface area contributed by atoms with Gasteiger partial charge < -0.3 is 5.32 Å². The average Bonchev–Trinajstić information content (AvgIpc) is 2.34. The number of nitrogens with one attached hydrogen (secondary N) is 1. The fraction of sp³-hybridized carbons (Fsp3) is 1.00. The van der Waals surface area contributed by atoms with E-state index >= 15 is 0 Å². The lowest BCUT2D eigenvalue weighted by atomic mass is 9.53. The Morgan fingerprint density at radius 2 is 1.82 bits per heavy atom. The van der Waals surface area contributed by atoms with Crippen molar-refractivity contribution >= 4 is 0 Å². The van der Waals surface area contributed by atoms with Crippen LogP contribution in [0.25, 0.3) is 0 Å². The Balaban J connectivity index is 0.000000686. The molecule has 0 heterocycles. The molecule has 2 saturated carbocycles. The van der Waals surface area contributed by atoms with Gasteiger partial charge in [-0.05, 0) is 50.0 Å². The van der Waals surface area contributed by atoms with Crippen LogP contribution < -0.4 is 5.32 Å². The molecule has 0 aromatic rings. The molecule has 0 amide bonds. The van der Waals surface area contributed by atoms with Crippen LogP contribution in [0.1, 0.15) is 66.2 Å². The van der Waals surface area contributed by atoms with E-state index in [9.17, 15) is 0 Å². The van der Waals surface area contributed by atoms with Gasteiger partial charge in [-0.15, -0.1) is 0 Å². The van der Waals surface area contributed by atoms with Gasteiger partial charge in [0.25, 0.3) is 0 Å². The normalized spacial score (nSPS) is 39.7. The van der Waals surface area contributed by atoms with Crippen LogP contribution in [0.4, 0.5) is 0 Å². The molecule has 1 heteroatoms. The van der Waals surface area contributed by atoms with Crippen LogP contribution >= 0.6 is 0 Å². The van der Waals surface area contributed by atoms with E-state index in [2.05, 4.69) is 26.2 Å². The molecule has 5 unspecified atom stereocenters. The zero-order valence-corrected chi connectivity index (χ0v) is 12.6. The quantitative estimate of drug-likeness (QED) is 0.763. The summed E-state index contributed by atoms with van der Waals surface area (Å²) >= 11 is 0. The van der Waals surface area contributed by atoms with Crippen LogP contribution in [-0.2, 0) is 0 Å². The molecule has 5 atom stereocenters. The molecule has 2 fully saturated rings. The fourth-order valence-electron chi connectivity index (χ4n) is 4.27. The van der Waals surface area contributed by atoms with Crippen molar-refractivity contribution < 1.29 is 0 Å². The molecule has 0 aromatic carbocycles. The lowest BCUT2D eigenvalue weighted by Gasteiger charge is -2.55. The van der Waals surface area contributed by atoms with Crippen molar-refractivity contribution in [3.8, 4) is 0 Å². The maximum absolute atomic E-state index is 3.53. The van der Waals surface area contributed by atoms with Crippen molar-refractivity contribution in [1.82, 2.24) is 5.32 Å². The van der Waals surface area contributed by atoms with Crippen LogP contribution in [-0.4, -0.2) is 13.1 Å². The van der Waals surface area contributed by atoms with Crippen LogP contribution in [0.15, 0.2) is 0 Å². The van der Waals surface area contributed by atoms with Crippen LogP contribution in [0.5, 0.6) is 0 Å². The van der Waals surface area contributed by atoms with E-state index < -0.39 is 0 Å². The summed E-state index contributed by atoms with van der Waals surface area (Å²) in [5, 5.41) is 3.53. The van der Waals surface area contributed by atoms with Crippen molar-refractivity contribution in [3.63, 3.8) is 0 Å². The first-order chi connectivity index (χ1) is 8.31. The first kappa shape index (κ1) is 15.0. The summed E-state index contributed by atoms with van der Waals surface area (Å²) in [7, 11) is 2.15. The highest BCUT2D eigenvalue weighted by atomic mass is 14.9. The molecular formula is C16H33N. The number of rotatable bonds is 4. The topological polar surface area (TPSA) is 12.0 Å². The first-order valence-corrected chi connectivity index (χ1v) is 7.99. The van der Waals surface area contributed by atoms with Gasteiger partial charge in [-0.1, -0.05) is 47.0 Å². The zero-order chi connectivity index (χ0) is 12.8. The Bertz CT molecular complexity index is 198. The molecule has 2 aliphatic carbocycles. The number of fused-ring (bicyclic) bond motifs is 1. The highest BCUT2D eigenvalue weighted by molar-refractivity contribution is 5.01. The molecule has 17 heavy (non-hydrogen) atoms. The third-order valence-electron chi connectivity index (χ3n) is 5.09. The monoisotopic (exact) mass is 239 g/mol. The second kappa shape index (κ2) is 7.41. The molecule has 0 spiro atoms. The standard InChI is InChI=1S/C14H27N.C2H6/c1-4-6-12-10(5-2)7-8-11-9-13(15-3)14(11)12;1-2/h10-15H,4-9H2,1-3H3;1-2H3. The predicted octanol–water partition coefficient (Wildman–Crippen LogP) is 4.47. The minimum atomic E-state index is 0.848. The second-order valence-electron chi connectivity index (χ2n) is 5.67. The molecule has 2 rings (SSSR count). The summed E-state index contributed by atoms with van der Waals surface area (Å²) in [6, 6.07) is 0.848. The highest BCUT2D eigenvalue weighted by Crippen LogP contribution is 2.52. The summed E-state index contributed by atoms with van der Waals surface area (Å²) in [6.07, 6.45) is 8.74. The smallest absolute Gasteiger partial charge is 0.0100 e. The van der Waals surface area contributed by atoms with Gasteiger partial charge in [-0.25, -0.2) is 0 Å². The molecule has 0 aliphatic heterocycles. The van der Waals surface area contributed by atoms with Gasteiger partial charge in [-0.3, -0.25) is 0 Å². The van der Waals surface area contributed by atoms with Crippen molar-refractivity contribution in [2.75, 3.05) is 7.05 Å². The average molecular weight is 239 g/mol. The van der Waals surface area contributed by atoms with Gasteiger partial charge in [0.15, 0.2) is 0 Å². The van der Waals surface area contributed by atoms with E-state index in [-0.39, 0.29) is 0 Å². The van der Waals surface area contributed by atoms with Crippen molar-refractivity contribution in [1.29, 1.82) is 0 Å². The van der Waals surface area contributed by atoms with Crippen LogP contribution in [0, 0.1) is 23.7 Å². The number of hydrogen-bond donors (Lipinski definition) is 1. The molecular weight excluding hydrogens is 206 g/mol. The van der Waals surface area contributed by atoms with E-state index in [4.69, 9.17) is 0 Å². The molecule has 0 aromatic heterocycles. The third-order valence-corrected chi connectivity index (χ3v) is 5.09. The fourth-order valence-corrected chi connectivity index (χ4v) is 4.27. The number of hydrogen-bond acceptors (Lipinski definition) is 1. The SMILES string of the molecule is CC.CCCC1C(CC)CCC2CC(NC)C21. The molecule has 2 aliphatic rings. The van der Waals surface area contributed by atoms with Crippen molar-refractivity contribution in [3.05, 3.63) is 0 Å². The van der Waals surface area contributed by atoms with E-state index in [1.54, 1.807) is 0 Å². The third kappa shape index (κ3) is 3.05. The first-order valence-electron chi connectivity index (χ1n) is 7.99. The minimum Gasteiger partial charge on any atom is -0.317 e. The molecule has 0 saturated heterocycles. The lowest BCUT2D eigenvalue weighted by molar-refractivity contribution is -0.0274. The lowest BCUT2D eigenvalue weighted by Crippen LogP contribution is -2.56. The van der Waals surface area contributed by atoms with Crippen LogP contribution in [0.2, 0.25) is 0 Å². The maximum atomic E-state index is 3.53. The molecule has 0 radical (unpaired) electrons. The summed E-state index contributed by atoms with van der Waals surface area (Å²) in [4.78, 5) is 0. The Labute approximate surface area is 109 Å². The van der Waals surface area contributed by atoms with Gasteiger partial charge >= 0.3 is 0 Å². The largest absolute Gasteiger partial charge is 0.317 e. The molecule has 1 nitrogen and oxygen atoms in total. The van der Waals surface area contributed by atoms with Gasteiger partial charge in [0.2, 0.25) is 0 Å². The second-order valence-corrected chi connectivity index (χ2v) is 5.67. The zero-order valence-electron chi connectivity index (χ0n) is 12.6. The summed E-state index contributed by atoms with van der Waals surface area (Å²) in [5.41, 5.74) is 0. The summed E-state index contributed by atoms with van der Waals surface area (Å²) < 4.78 is 0. The van der Waals surface area contributed by atoms with E-state index in [0.29, 0.717) is 0 Å². The molecule has 102 valence electrons. The summed E-state index contributed by atoms with van der Waals surface area (Å²) in [6.45, 7) is 8.74. The summed E-state index contributed by atoms with van der Waals surface area (Å²) in [5.74, 6) is 4.16. The molecule has 1 N–H and O–H groups in total. The van der Waals surface area contributed by atoms with Gasteiger partial charge in [0, 0.05) is 6.04 Å². The Hall–Kier alpha value is -0.0400. The Morgan fingerprint density at radius 3 is 2.35 bits per heavy atom. The highest BCUT2D eigenvalue weighted by Gasteiger charge is 2.48. The Kier molecular flexibility index (Phi) is 6.54. The maximum Gasteiger partial charge on any atom is 0.0100 e. The molecule has 0 bridgehead atoms. The van der Waals surface area contributed by atoms with Crippen molar-refractivity contribution in [2.24, 2.45) is 23.7 Å². The van der Waals surface area contributed by atoms with E-state index in [1.165, 1.54) is 38.5 Å². The van der Waals surface area contributed by atoms with Crippen LogP contribution in [0.3, 0.4) is 0 Å². The Morgan fingerprint density at radius 1 is 1.12 bits per heavy atom. The van der Waals surface area contributed by atoms with E-state index in [1.807, 2.05) is 13.8 Å². The van der Waals surface area contributed by atoms with Gasteiger partial charge in [-0.2, -0.15) is 0 Å². The van der Waals surface area contributed by atoms with Gasteiger partial charge in [0.1, 0.15) is 0 Å². The van der Waals surface area contributed by atoms with E-state index in [0.717, 1.165) is 29.7 Å². The van der Waals surface area contributed by atoms with Crippen molar-refractivity contribution in [2.45, 2.75) is 72.3 Å².